The Morgan fingerprint density at radius 2 is 1.69 bits per heavy atom. The van der Waals surface area contributed by atoms with Crippen molar-refractivity contribution in [1.82, 2.24) is 9.97 Å². The number of anilines is 1. The molecule has 1 aromatic heterocycles. The van der Waals surface area contributed by atoms with Crippen molar-refractivity contribution < 1.29 is 18.3 Å². The van der Waals surface area contributed by atoms with Crippen LogP contribution in [0.3, 0.4) is 0 Å². The Morgan fingerprint density at radius 3 is 2.28 bits per heavy atom. The highest BCUT2D eigenvalue weighted by molar-refractivity contribution is 6.74. The van der Waals surface area contributed by atoms with E-state index in [4.69, 9.17) is 32.4 Å². The minimum atomic E-state index is -2.08. The van der Waals surface area contributed by atoms with Crippen molar-refractivity contribution in [2.75, 3.05) is 18.1 Å². The fraction of sp³-hybridized carbons (Fsp3) is 0.346. The van der Waals surface area contributed by atoms with Gasteiger partial charge in [0.05, 0.1) is 6.61 Å². The van der Waals surface area contributed by atoms with E-state index >= 15 is 4.39 Å². The average Bonchev–Trinajstić information content (AvgIpc) is 2.81. The zero-order chi connectivity index (χ0) is 26.5. The summed E-state index contributed by atoms with van der Waals surface area (Å²) < 4.78 is 26.9. The molecule has 10 heteroatoms. The summed E-state index contributed by atoms with van der Waals surface area (Å²) >= 11 is 12.4. The van der Waals surface area contributed by atoms with Gasteiger partial charge in [0.1, 0.15) is 28.8 Å². The van der Waals surface area contributed by atoms with Crippen molar-refractivity contribution in [3.8, 4) is 5.75 Å². The maximum atomic E-state index is 15.0. The standard InChI is InChI=1S/C26H30Cl2FN3O3Si/c1-26(2,3)36(4,5)35-14-13-32(25(33)22-23(27)30-17-31-24(22)28)19-11-12-21(20(29)15-19)34-16-18-9-7-6-8-10-18/h6-12,15,17H,13-14,16H2,1-5H3. The molecule has 6 nitrogen and oxygen atoms in total. The van der Waals surface area contributed by atoms with Crippen LogP contribution in [0, 0.1) is 5.82 Å². The number of rotatable bonds is 9. The SMILES string of the molecule is CC(C)(C)[Si](C)(C)OCCN(C(=O)c1c(Cl)ncnc1Cl)c1ccc(OCc2ccccc2)c(F)c1. The van der Waals surface area contributed by atoms with E-state index in [0.29, 0.717) is 5.69 Å². The summed E-state index contributed by atoms with van der Waals surface area (Å²) in [6.07, 6.45) is 1.17. The summed E-state index contributed by atoms with van der Waals surface area (Å²) in [5, 5.41) is -0.178. The molecule has 0 saturated heterocycles. The molecule has 0 aliphatic heterocycles. The molecule has 1 heterocycles. The largest absolute Gasteiger partial charge is 0.486 e. The monoisotopic (exact) mass is 549 g/mol. The van der Waals surface area contributed by atoms with Crippen molar-refractivity contribution in [1.29, 1.82) is 0 Å². The van der Waals surface area contributed by atoms with Crippen molar-refractivity contribution in [3.05, 3.63) is 82.1 Å². The Morgan fingerprint density at radius 1 is 1.06 bits per heavy atom. The lowest BCUT2D eigenvalue weighted by molar-refractivity contribution is 0.0981. The Kier molecular flexibility index (Phi) is 9.11. The van der Waals surface area contributed by atoms with Crippen molar-refractivity contribution in [2.45, 2.75) is 45.5 Å². The van der Waals surface area contributed by atoms with Gasteiger partial charge in [-0.25, -0.2) is 14.4 Å². The second-order valence-corrected chi connectivity index (χ2v) is 15.3. The zero-order valence-corrected chi connectivity index (χ0v) is 23.5. The minimum absolute atomic E-state index is 0.00836. The smallest absolute Gasteiger partial charge is 0.264 e. The van der Waals surface area contributed by atoms with E-state index in [1.165, 1.54) is 23.4 Å². The molecule has 0 fully saturated rings. The first kappa shape index (κ1) is 28.1. The minimum Gasteiger partial charge on any atom is -0.486 e. The fourth-order valence-corrected chi connectivity index (χ4v) is 4.63. The van der Waals surface area contributed by atoms with Gasteiger partial charge in [0, 0.05) is 18.3 Å². The molecule has 2 aromatic carbocycles. The second kappa shape index (κ2) is 11.7. The Hall–Kier alpha value is -2.52. The van der Waals surface area contributed by atoms with E-state index in [9.17, 15) is 4.79 Å². The quantitative estimate of drug-likeness (QED) is 0.209. The molecule has 0 aliphatic rings. The van der Waals surface area contributed by atoms with Crippen LogP contribution in [0.15, 0.2) is 54.9 Å². The fourth-order valence-electron chi connectivity index (χ4n) is 3.12. The van der Waals surface area contributed by atoms with E-state index in [1.807, 2.05) is 30.3 Å². The molecule has 3 aromatic rings. The van der Waals surface area contributed by atoms with Crippen molar-refractivity contribution in [3.63, 3.8) is 0 Å². The summed E-state index contributed by atoms with van der Waals surface area (Å²) in [5.41, 5.74) is 1.16. The van der Waals surface area contributed by atoms with E-state index < -0.39 is 20.0 Å². The van der Waals surface area contributed by atoms with Gasteiger partial charge in [0.25, 0.3) is 5.91 Å². The number of hydrogen-bond donors (Lipinski definition) is 0. The van der Waals surface area contributed by atoms with Gasteiger partial charge in [-0.2, -0.15) is 0 Å². The lowest BCUT2D eigenvalue weighted by atomic mass is 10.2. The maximum absolute atomic E-state index is 15.0. The Labute approximate surface area is 222 Å². The predicted molar refractivity (Wildman–Crippen MR) is 144 cm³/mol. The molecular weight excluding hydrogens is 520 g/mol. The number of aromatic nitrogens is 2. The molecule has 3 rings (SSSR count). The highest BCUT2D eigenvalue weighted by Crippen LogP contribution is 2.36. The summed E-state index contributed by atoms with van der Waals surface area (Å²) in [6.45, 7) is 11.3. The van der Waals surface area contributed by atoms with E-state index in [0.717, 1.165) is 5.56 Å². The van der Waals surface area contributed by atoms with Crippen LogP contribution in [0.4, 0.5) is 10.1 Å². The Balaban J connectivity index is 1.87. The topological polar surface area (TPSA) is 64.5 Å². The molecule has 0 N–H and O–H groups in total. The van der Waals surface area contributed by atoms with Crippen LogP contribution in [0.25, 0.3) is 0 Å². The summed E-state index contributed by atoms with van der Waals surface area (Å²) in [4.78, 5) is 22.6. The molecule has 0 atom stereocenters. The highest BCUT2D eigenvalue weighted by Gasteiger charge is 2.37. The third kappa shape index (κ3) is 6.82. The summed E-state index contributed by atoms with van der Waals surface area (Å²) in [5.74, 6) is -1.08. The van der Waals surface area contributed by atoms with Gasteiger partial charge in [-0.15, -0.1) is 0 Å². The molecule has 0 bridgehead atoms. The molecular formula is C26H30Cl2FN3O3Si. The van der Waals surface area contributed by atoms with Gasteiger partial charge >= 0.3 is 0 Å². The number of ether oxygens (including phenoxy) is 1. The molecule has 0 saturated carbocycles. The summed E-state index contributed by atoms with van der Waals surface area (Å²) in [7, 11) is -2.08. The number of carbonyl (C=O) groups is 1. The van der Waals surface area contributed by atoms with Crippen LogP contribution in [0.2, 0.25) is 28.4 Å². The molecule has 1 amide bonds. The number of carbonyl (C=O) groups excluding carboxylic acids is 1. The normalized spacial score (nSPS) is 11.9. The van der Waals surface area contributed by atoms with Gasteiger partial charge in [-0.05, 0) is 35.8 Å². The first-order valence-corrected chi connectivity index (χ1v) is 15.2. The van der Waals surface area contributed by atoms with Crippen LogP contribution < -0.4 is 9.64 Å². The number of benzene rings is 2. The molecule has 192 valence electrons. The molecule has 0 spiro atoms. The lowest BCUT2D eigenvalue weighted by Crippen LogP contribution is -2.43. The number of nitrogens with zero attached hydrogens (tertiary/aromatic N) is 3. The second-order valence-electron chi connectivity index (χ2n) is 9.78. The van der Waals surface area contributed by atoms with E-state index in [2.05, 4.69) is 43.8 Å². The molecule has 0 unspecified atom stereocenters. The van der Waals surface area contributed by atoms with Gasteiger partial charge in [-0.3, -0.25) is 4.79 Å². The number of amides is 1. The van der Waals surface area contributed by atoms with Crippen LogP contribution in [-0.4, -0.2) is 37.3 Å². The third-order valence-electron chi connectivity index (χ3n) is 6.26. The van der Waals surface area contributed by atoms with Gasteiger partial charge in [-0.1, -0.05) is 74.3 Å². The maximum Gasteiger partial charge on any atom is 0.264 e. The zero-order valence-electron chi connectivity index (χ0n) is 21.0. The van der Waals surface area contributed by atoms with Crippen molar-refractivity contribution in [2.24, 2.45) is 0 Å². The van der Waals surface area contributed by atoms with Crippen molar-refractivity contribution >= 4 is 43.1 Å². The van der Waals surface area contributed by atoms with Gasteiger partial charge in [0.15, 0.2) is 19.9 Å². The molecule has 36 heavy (non-hydrogen) atoms. The van der Waals surface area contributed by atoms with E-state index in [1.54, 1.807) is 6.07 Å². The third-order valence-corrected chi connectivity index (χ3v) is 11.4. The first-order chi connectivity index (χ1) is 16.9. The van der Waals surface area contributed by atoms with Gasteiger partial charge < -0.3 is 14.1 Å². The van der Waals surface area contributed by atoms with Crippen LogP contribution in [-0.2, 0) is 11.0 Å². The van der Waals surface area contributed by atoms with Gasteiger partial charge in [0.2, 0.25) is 0 Å². The van der Waals surface area contributed by atoms with Crippen LogP contribution in [0.1, 0.15) is 36.7 Å². The van der Waals surface area contributed by atoms with Crippen LogP contribution >= 0.6 is 23.2 Å². The summed E-state index contributed by atoms with van der Waals surface area (Å²) in [6, 6.07) is 13.8. The average molecular weight is 551 g/mol. The van der Waals surface area contributed by atoms with E-state index in [-0.39, 0.29) is 46.4 Å². The lowest BCUT2D eigenvalue weighted by Gasteiger charge is -2.37. The predicted octanol–water partition coefficient (Wildman–Crippen LogP) is 7.17. The number of halogens is 3. The first-order valence-electron chi connectivity index (χ1n) is 11.5. The molecule has 0 radical (unpaired) electrons. The number of hydrogen-bond acceptors (Lipinski definition) is 5. The highest BCUT2D eigenvalue weighted by atomic mass is 35.5. The molecule has 0 aliphatic carbocycles. The Bertz CT molecular complexity index is 1190. The van der Waals surface area contributed by atoms with Crippen LogP contribution in [0.5, 0.6) is 5.75 Å².